The molecule has 1 spiro atoms. The number of carbonyl (C=O) groups excluding carboxylic acids is 5. The molecule has 1 aromatic carbocycles. The number of rotatable bonds is 8. The highest BCUT2D eigenvalue weighted by molar-refractivity contribution is 6.23. The van der Waals surface area contributed by atoms with Gasteiger partial charge in [0.1, 0.15) is 35.3 Å². The van der Waals surface area contributed by atoms with Crippen molar-refractivity contribution < 1.29 is 47.7 Å². The molecule has 12 nitrogen and oxygen atoms in total. The SMILES string of the molecule is CCOC(=O)CN1C(=O)C2(C(C(=O)OCC)=C(N)OC(CC(=O)OC)=C2C(=O)OC)c2ccccc21. The van der Waals surface area contributed by atoms with Crippen molar-refractivity contribution in [3.63, 3.8) is 0 Å². The number of para-hydroxylation sites is 1. The standard InChI is InChI=1S/C24H26N2O10/c1-5-34-17(28)12-26-14-10-8-7-9-13(14)24(23(26)31)18(21(29)33-4)15(11-16(27)32-3)36-20(25)19(24)22(30)35-6-2/h7-10H,5-6,11-12,25H2,1-4H3. The minimum absolute atomic E-state index is 0.0685. The van der Waals surface area contributed by atoms with Gasteiger partial charge in [0, 0.05) is 11.3 Å². The van der Waals surface area contributed by atoms with Gasteiger partial charge in [-0.25, -0.2) is 9.59 Å². The van der Waals surface area contributed by atoms with E-state index in [1.807, 2.05) is 0 Å². The van der Waals surface area contributed by atoms with Crippen LogP contribution in [0.3, 0.4) is 0 Å². The van der Waals surface area contributed by atoms with Crippen molar-refractivity contribution in [3.05, 3.63) is 52.6 Å². The molecular weight excluding hydrogens is 476 g/mol. The Morgan fingerprint density at radius 3 is 2.22 bits per heavy atom. The van der Waals surface area contributed by atoms with Crippen LogP contribution in [0.15, 0.2) is 47.1 Å². The Morgan fingerprint density at radius 2 is 1.61 bits per heavy atom. The quantitative estimate of drug-likeness (QED) is 0.391. The maximum atomic E-state index is 14.3. The summed E-state index contributed by atoms with van der Waals surface area (Å²) in [5.74, 6) is -5.41. The van der Waals surface area contributed by atoms with Crippen molar-refractivity contribution in [3.8, 4) is 0 Å². The summed E-state index contributed by atoms with van der Waals surface area (Å²) in [5, 5.41) is 0. The maximum Gasteiger partial charge on any atom is 0.341 e. The molecule has 36 heavy (non-hydrogen) atoms. The number of amides is 1. The molecule has 0 saturated heterocycles. The molecular formula is C24H26N2O10. The highest BCUT2D eigenvalue weighted by atomic mass is 16.5. The fraction of sp³-hybridized carbons (Fsp3) is 0.375. The molecule has 1 atom stereocenters. The normalized spacial score (nSPS) is 18.6. The number of methoxy groups -OCH3 is 2. The van der Waals surface area contributed by atoms with E-state index in [2.05, 4.69) is 0 Å². The number of benzene rings is 1. The zero-order chi connectivity index (χ0) is 26.6. The zero-order valence-electron chi connectivity index (χ0n) is 20.2. The van der Waals surface area contributed by atoms with Crippen molar-refractivity contribution in [2.24, 2.45) is 5.73 Å². The summed E-state index contributed by atoms with van der Waals surface area (Å²) in [5.41, 5.74) is 3.31. The fourth-order valence-electron chi connectivity index (χ4n) is 4.34. The number of anilines is 1. The summed E-state index contributed by atoms with van der Waals surface area (Å²) < 4.78 is 25.4. The van der Waals surface area contributed by atoms with Crippen LogP contribution in [0.25, 0.3) is 0 Å². The Bertz CT molecular complexity index is 1190. The maximum absolute atomic E-state index is 14.3. The van der Waals surface area contributed by atoms with Gasteiger partial charge < -0.3 is 29.4 Å². The Labute approximate surface area is 206 Å². The summed E-state index contributed by atoms with van der Waals surface area (Å²) >= 11 is 0. The summed E-state index contributed by atoms with van der Waals surface area (Å²) in [4.78, 5) is 66.4. The Kier molecular flexibility index (Phi) is 7.66. The van der Waals surface area contributed by atoms with E-state index in [0.29, 0.717) is 0 Å². The molecule has 2 heterocycles. The van der Waals surface area contributed by atoms with Crippen molar-refractivity contribution in [2.75, 3.05) is 38.9 Å². The summed E-state index contributed by atoms with van der Waals surface area (Å²) in [6.07, 6.45) is -0.604. The van der Waals surface area contributed by atoms with E-state index in [0.717, 1.165) is 19.1 Å². The molecule has 2 N–H and O–H groups in total. The zero-order valence-corrected chi connectivity index (χ0v) is 20.2. The Balaban J connectivity index is 2.42. The smallest absolute Gasteiger partial charge is 0.341 e. The number of nitrogens with two attached hydrogens (primary N) is 1. The first kappa shape index (κ1) is 26.3. The lowest BCUT2D eigenvalue weighted by Gasteiger charge is -2.36. The average molecular weight is 502 g/mol. The molecule has 0 saturated carbocycles. The predicted octanol–water partition coefficient (Wildman–Crippen LogP) is 0.588. The topological polar surface area (TPSA) is 161 Å². The first-order chi connectivity index (χ1) is 17.2. The minimum Gasteiger partial charge on any atom is -0.469 e. The van der Waals surface area contributed by atoms with Gasteiger partial charge >= 0.3 is 23.9 Å². The minimum atomic E-state index is -2.24. The predicted molar refractivity (Wildman–Crippen MR) is 122 cm³/mol. The van der Waals surface area contributed by atoms with Gasteiger partial charge in [0.15, 0.2) is 0 Å². The second-order valence-electron chi connectivity index (χ2n) is 7.57. The van der Waals surface area contributed by atoms with E-state index in [-0.39, 0.29) is 30.2 Å². The second kappa shape index (κ2) is 10.5. The van der Waals surface area contributed by atoms with Gasteiger partial charge in [0.2, 0.25) is 11.8 Å². The van der Waals surface area contributed by atoms with Gasteiger partial charge in [-0.2, -0.15) is 0 Å². The average Bonchev–Trinajstić information content (AvgIpc) is 3.07. The number of carbonyl (C=O) groups is 5. The van der Waals surface area contributed by atoms with E-state index in [1.165, 1.54) is 12.1 Å². The van der Waals surface area contributed by atoms with Crippen LogP contribution in [-0.2, 0) is 53.1 Å². The summed E-state index contributed by atoms with van der Waals surface area (Å²) in [7, 11) is 2.19. The highest BCUT2D eigenvalue weighted by Gasteiger charge is 2.64. The number of ether oxygens (including phenoxy) is 5. The van der Waals surface area contributed by atoms with E-state index in [4.69, 9.17) is 29.4 Å². The van der Waals surface area contributed by atoms with Gasteiger partial charge in [-0.05, 0) is 19.9 Å². The van der Waals surface area contributed by atoms with Gasteiger partial charge in [0.25, 0.3) is 0 Å². The summed E-state index contributed by atoms with van der Waals surface area (Å²) in [6, 6.07) is 6.21. The lowest BCUT2D eigenvalue weighted by Crippen LogP contribution is -2.51. The molecule has 0 aromatic heterocycles. The van der Waals surface area contributed by atoms with E-state index >= 15 is 0 Å². The van der Waals surface area contributed by atoms with E-state index in [1.54, 1.807) is 26.0 Å². The number of hydrogen-bond acceptors (Lipinski definition) is 11. The molecule has 2 aliphatic rings. The number of fused-ring (bicyclic) bond motifs is 2. The van der Waals surface area contributed by atoms with Gasteiger partial charge in [-0.1, -0.05) is 18.2 Å². The molecule has 192 valence electrons. The van der Waals surface area contributed by atoms with Crippen LogP contribution in [0.1, 0.15) is 25.8 Å². The highest BCUT2D eigenvalue weighted by Crippen LogP contribution is 2.54. The largest absolute Gasteiger partial charge is 0.469 e. The molecule has 1 amide bonds. The lowest BCUT2D eigenvalue weighted by atomic mass is 9.67. The first-order valence-electron chi connectivity index (χ1n) is 11.0. The van der Waals surface area contributed by atoms with Crippen LogP contribution in [-0.4, -0.2) is 63.8 Å². The van der Waals surface area contributed by atoms with Gasteiger partial charge in [-0.3, -0.25) is 19.3 Å². The van der Waals surface area contributed by atoms with Crippen molar-refractivity contribution in [2.45, 2.75) is 25.7 Å². The third kappa shape index (κ3) is 4.14. The van der Waals surface area contributed by atoms with E-state index in [9.17, 15) is 24.0 Å². The monoisotopic (exact) mass is 502 g/mol. The molecule has 0 bridgehead atoms. The molecule has 12 heteroatoms. The summed E-state index contributed by atoms with van der Waals surface area (Å²) in [6.45, 7) is 2.61. The molecule has 2 aliphatic heterocycles. The van der Waals surface area contributed by atoms with Crippen LogP contribution in [0.2, 0.25) is 0 Å². The first-order valence-corrected chi connectivity index (χ1v) is 11.0. The number of hydrogen-bond donors (Lipinski definition) is 1. The molecule has 0 fully saturated rings. The molecule has 1 aromatic rings. The molecule has 1 unspecified atom stereocenters. The molecule has 0 radical (unpaired) electrons. The van der Waals surface area contributed by atoms with Crippen LogP contribution in [0, 0.1) is 0 Å². The third-order valence-corrected chi connectivity index (χ3v) is 5.67. The Hall–Kier alpha value is -4.35. The Morgan fingerprint density at radius 1 is 0.944 bits per heavy atom. The third-order valence-electron chi connectivity index (χ3n) is 5.67. The van der Waals surface area contributed by atoms with Crippen molar-refractivity contribution in [1.82, 2.24) is 0 Å². The molecule has 0 aliphatic carbocycles. The van der Waals surface area contributed by atoms with Gasteiger partial charge in [0.05, 0.1) is 27.4 Å². The van der Waals surface area contributed by atoms with Crippen LogP contribution in [0.5, 0.6) is 0 Å². The number of nitrogens with zero attached hydrogens (tertiary/aromatic N) is 1. The second-order valence-corrected chi connectivity index (χ2v) is 7.57. The van der Waals surface area contributed by atoms with Crippen molar-refractivity contribution in [1.29, 1.82) is 0 Å². The lowest BCUT2D eigenvalue weighted by molar-refractivity contribution is -0.143. The van der Waals surface area contributed by atoms with Crippen molar-refractivity contribution >= 4 is 35.5 Å². The van der Waals surface area contributed by atoms with Gasteiger partial charge in [-0.15, -0.1) is 0 Å². The van der Waals surface area contributed by atoms with Crippen LogP contribution in [0.4, 0.5) is 5.69 Å². The van der Waals surface area contributed by atoms with Crippen LogP contribution < -0.4 is 10.6 Å². The number of esters is 4. The van der Waals surface area contributed by atoms with Crippen LogP contribution >= 0.6 is 0 Å². The fourth-order valence-corrected chi connectivity index (χ4v) is 4.34. The molecule has 3 rings (SSSR count). The van der Waals surface area contributed by atoms with E-state index < -0.39 is 65.2 Å².